The molecule has 28 heavy (non-hydrogen) atoms. The minimum Gasteiger partial charge on any atom is -0.491 e. The predicted molar refractivity (Wildman–Crippen MR) is 111 cm³/mol. The van der Waals surface area contributed by atoms with Gasteiger partial charge >= 0.3 is 0 Å². The number of likely N-dealkylation sites (tertiary alicyclic amines) is 1. The molecule has 1 fully saturated rings. The van der Waals surface area contributed by atoms with Gasteiger partial charge in [0.05, 0.1) is 6.54 Å². The Balaban J connectivity index is 1.44. The first-order chi connectivity index (χ1) is 13.6. The Bertz CT molecular complexity index is 707. The van der Waals surface area contributed by atoms with E-state index in [1.807, 2.05) is 31.2 Å². The van der Waals surface area contributed by atoms with Gasteiger partial charge < -0.3 is 19.2 Å². The van der Waals surface area contributed by atoms with Crippen molar-refractivity contribution < 1.29 is 14.3 Å². The highest BCUT2D eigenvalue weighted by molar-refractivity contribution is 5.28. The molecule has 1 N–H and O–H groups in total. The molecule has 2 aromatic rings. The van der Waals surface area contributed by atoms with Gasteiger partial charge in [-0.05, 0) is 69.7 Å². The summed E-state index contributed by atoms with van der Waals surface area (Å²) in [5, 5.41) is 10.4. The number of furan rings is 1. The fraction of sp³-hybridized carbons (Fsp3) is 0.565. The third-order valence-electron chi connectivity index (χ3n) is 5.18. The monoisotopic (exact) mass is 386 g/mol. The van der Waals surface area contributed by atoms with E-state index in [2.05, 4.69) is 29.0 Å². The standard InChI is InChI=1S/C23H34N2O3/c1-19-10-11-23(28-19)17-24(2)15-20-8-7-9-22(14-20)27-18-21(26)16-25-12-5-3-4-6-13-25/h7-11,14,21,26H,3-6,12-13,15-18H2,1-2H3/t21-/m1/s1. The lowest BCUT2D eigenvalue weighted by atomic mass is 10.2. The second kappa shape index (κ2) is 10.6. The number of aliphatic hydroxyl groups excluding tert-OH is 1. The lowest BCUT2D eigenvalue weighted by Gasteiger charge is -2.23. The molecular weight excluding hydrogens is 352 g/mol. The number of ether oxygens (including phenoxy) is 1. The molecule has 1 aromatic heterocycles. The van der Waals surface area contributed by atoms with E-state index in [-0.39, 0.29) is 0 Å². The molecular formula is C23H34N2O3. The van der Waals surface area contributed by atoms with Crippen molar-refractivity contribution in [2.75, 3.05) is 33.3 Å². The normalized spacial score (nSPS) is 16.9. The number of benzene rings is 1. The Morgan fingerprint density at radius 1 is 1.11 bits per heavy atom. The molecule has 0 radical (unpaired) electrons. The second-order valence-corrected chi connectivity index (χ2v) is 8.01. The van der Waals surface area contributed by atoms with Gasteiger partial charge in [-0.1, -0.05) is 25.0 Å². The van der Waals surface area contributed by atoms with Crippen LogP contribution in [0.5, 0.6) is 5.75 Å². The lowest BCUT2D eigenvalue weighted by molar-refractivity contribution is 0.0693. The van der Waals surface area contributed by atoms with Crippen LogP contribution in [0.15, 0.2) is 40.8 Å². The minimum absolute atomic E-state index is 0.335. The van der Waals surface area contributed by atoms with E-state index in [0.29, 0.717) is 13.2 Å². The van der Waals surface area contributed by atoms with Crippen LogP contribution in [0.4, 0.5) is 0 Å². The van der Waals surface area contributed by atoms with Crippen LogP contribution in [-0.2, 0) is 13.1 Å². The Labute approximate surface area is 168 Å². The van der Waals surface area contributed by atoms with E-state index < -0.39 is 6.10 Å². The van der Waals surface area contributed by atoms with Gasteiger partial charge in [-0.3, -0.25) is 4.90 Å². The van der Waals surface area contributed by atoms with Crippen LogP contribution < -0.4 is 4.74 Å². The number of hydrogen-bond acceptors (Lipinski definition) is 5. The molecule has 3 rings (SSSR count). The highest BCUT2D eigenvalue weighted by Gasteiger charge is 2.14. The molecule has 0 unspecified atom stereocenters. The Morgan fingerprint density at radius 3 is 2.61 bits per heavy atom. The molecule has 1 aromatic carbocycles. The minimum atomic E-state index is -0.452. The summed E-state index contributed by atoms with van der Waals surface area (Å²) in [6.45, 7) is 6.76. The molecule has 0 amide bonds. The second-order valence-electron chi connectivity index (χ2n) is 8.01. The van der Waals surface area contributed by atoms with E-state index in [4.69, 9.17) is 9.15 Å². The maximum Gasteiger partial charge on any atom is 0.119 e. The fourth-order valence-electron chi connectivity index (χ4n) is 3.80. The number of β-amino-alcohol motifs (C(OH)–C–C–N with tert-alkyl or cyclic N) is 1. The molecule has 1 aliphatic heterocycles. The van der Waals surface area contributed by atoms with Crippen molar-refractivity contribution in [1.29, 1.82) is 0 Å². The summed E-state index contributed by atoms with van der Waals surface area (Å²) in [5.74, 6) is 2.73. The van der Waals surface area contributed by atoms with Crippen LogP contribution in [0.25, 0.3) is 0 Å². The first-order valence-corrected chi connectivity index (χ1v) is 10.4. The number of nitrogens with zero attached hydrogens (tertiary/aromatic N) is 2. The zero-order chi connectivity index (χ0) is 19.8. The number of aryl methyl sites for hydroxylation is 1. The fourth-order valence-corrected chi connectivity index (χ4v) is 3.80. The van der Waals surface area contributed by atoms with E-state index in [0.717, 1.165) is 43.4 Å². The molecule has 0 saturated carbocycles. The van der Waals surface area contributed by atoms with Crippen LogP contribution in [0.1, 0.15) is 42.8 Å². The molecule has 5 nitrogen and oxygen atoms in total. The number of hydrogen-bond donors (Lipinski definition) is 1. The van der Waals surface area contributed by atoms with E-state index in [1.165, 1.54) is 31.2 Å². The van der Waals surface area contributed by atoms with Crippen LogP contribution >= 0.6 is 0 Å². The van der Waals surface area contributed by atoms with E-state index in [1.54, 1.807) is 0 Å². The van der Waals surface area contributed by atoms with Crippen molar-refractivity contribution in [3.8, 4) is 5.75 Å². The summed E-state index contributed by atoms with van der Waals surface area (Å²) in [6.07, 6.45) is 4.64. The van der Waals surface area contributed by atoms with E-state index >= 15 is 0 Å². The smallest absolute Gasteiger partial charge is 0.119 e. The highest BCUT2D eigenvalue weighted by Crippen LogP contribution is 2.17. The van der Waals surface area contributed by atoms with Gasteiger partial charge in [0.25, 0.3) is 0 Å². The predicted octanol–water partition coefficient (Wildman–Crippen LogP) is 3.84. The van der Waals surface area contributed by atoms with Gasteiger partial charge in [0.15, 0.2) is 0 Å². The van der Waals surface area contributed by atoms with Crippen molar-refractivity contribution in [3.05, 3.63) is 53.5 Å². The van der Waals surface area contributed by atoms with Crippen LogP contribution in [-0.4, -0.2) is 54.3 Å². The summed E-state index contributed by atoms with van der Waals surface area (Å²) < 4.78 is 11.5. The Kier molecular flexibility index (Phi) is 7.95. The molecule has 0 spiro atoms. The summed E-state index contributed by atoms with van der Waals surface area (Å²) >= 11 is 0. The molecule has 2 heterocycles. The highest BCUT2D eigenvalue weighted by atomic mass is 16.5. The molecule has 0 bridgehead atoms. The van der Waals surface area contributed by atoms with Crippen molar-refractivity contribution in [1.82, 2.24) is 9.80 Å². The average molecular weight is 387 g/mol. The van der Waals surface area contributed by atoms with Crippen LogP contribution in [0.3, 0.4) is 0 Å². The van der Waals surface area contributed by atoms with Crippen molar-refractivity contribution in [3.63, 3.8) is 0 Å². The third kappa shape index (κ3) is 6.97. The third-order valence-corrected chi connectivity index (χ3v) is 5.18. The lowest BCUT2D eigenvalue weighted by Crippen LogP contribution is -2.36. The van der Waals surface area contributed by atoms with E-state index in [9.17, 15) is 5.11 Å². The molecule has 1 atom stereocenters. The summed E-state index contributed by atoms with van der Waals surface area (Å²) in [7, 11) is 2.08. The summed E-state index contributed by atoms with van der Waals surface area (Å²) in [6, 6.07) is 12.1. The Morgan fingerprint density at radius 2 is 1.89 bits per heavy atom. The van der Waals surface area contributed by atoms with Gasteiger partial charge in [-0.2, -0.15) is 0 Å². The number of aliphatic hydroxyl groups is 1. The van der Waals surface area contributed by atoms with Gasteiger partial charge in [-0.25, -0.2) is 0 Å². The SMILES string of the molecule is Cc1ccc(CN(C)Cc2cccc(OC[C@H](O)CN3CCCCCC3)c2)o1. The average Bonchev–Trinajstić information content (AvgIpc) is 2.90. The van der Waals surface area contributed by atoms with Gasteiger partial charge in [0, 0.05) is 13.1 Å². The van der Waals surface area contributed by atoms with Crippen molar-refractivity contribution in [2.45, 2.75) is 51.8 Å². The quantitative estimate of drug-likeness (QED) is 0.710. The van der Waals surface area contributed by atoms with Crippen molar-refractivity contribution in [2.24, 2.45) is 0 Å². The summed E-state index contributed by atoms with van der Waals surface area (Å²) in [4.78, 5) is 4.58. The van der Waals surface area contributed by atoms with Gasteiger partial charge in [0.2, 0.25) is 0 Å². The number of rotatable bonds is 9. The zero-order valence-electron chi connectivity index (χ0n) is 17.3. The summed E-state index contributed by atoms with van der Waals surface area (Å²) in [5.41, 5.74) is 1.19. The molecule has 5 heteroatoms. The maximum atomic E-state index is 10.4. The van der Waals surface area contributed by atoms with Crippen LogP contribution in [0.2, 0.25) is 0 Å². The topological polar surface area (TPSA) is 49.1 Å². The Hall–Kier alpha value is -1.82. The molecule has 1 saturated heterocycles. The zero-order valence-corrected chi connectivity index (χ0v) is 17.3. The molecule has 1 aliphatic rings. The van der Waals surface area contributed by atoms with Crippen molar-refractivity contribution >= 4 is 0 Å². The van der Waals surface area contributed by atoms with Crippen LogP contribution in [0, 0.1) is 6.92 Å². The van der Waals surface area contributed by atoms with Gasteiger partial charge in [0.1, 0.15) is 30.0 Å². The largest absolute Gasteiger partial charge is 0.491 e. The maximum absolute atomic E-state index is 10.4. The first-order valence-electron chi connectivity index (χ1n) is 10.4. The molecule has 154 valence electrons. The van der Waals surface area contributed by atoms with Gasteiger partial charge in [-0.15, -0.1) is 0 Å². The molecule has 0 aliphatic carbocycles. The first kappa shape index (κ1) is 20.9.